The summed E-state index contributed by atoms with van der Waals surface area (Å²) in [6.07, 6.45) is -4.68. The molecule has 0 unspecified atom stereocenters. The van der Waals surface area contributed by atoms with Crippen LogP contribution in [0.25, 0.3) is 0 Å². The molecule has 0 heterocycles. The zero-order valence-electron chi connectivity index (χ0n) is 5.30. The summed E-state index contributed by atoms with van der Waals surface area (Å²) in [6, 6.07) is 0. The highest BCUT2D eigenvalue weighted by Crippen LogP contribution is 2.43. The number of rotatable bonds is 3. The van der Waals surface area contributed by atoms with Gasteiger partial charge in [0.05, 0.1) is 0 Å². The van der Waals surface area contributed by atoms with Crippen molar-refractivity contribution in [2.45, 2.75) is 18.3 Å². The Morgan fingerprint density at radius 2 is 1.42 bits per heavy atom. The molecule has 0 saturated carbocycles. The lowest BCUT2D eigenvalue weighted by molar-refractivity contribution is -0.252. The van der Waals surface area contributed by atoms with Crippen molar-refractivity contribution < 1.29 is 30.7 Å². The molecule has 0 saturated heterocycles. The second-order valence-corrected chi connectivity index (χ2v) is 1.85. The Morgan fingerprint density at radius 1 is 1.08 bits per heavy atom. The van der Waals surface area contributed by atoms with Gasteiger partial charge in [-0.15, -0.1) is 0 Å². The van der Waals surface area contributed by atoms with Crippen molar-refractivity contribution in [3.05, 3.63) is 12.4 Å². The zero-order chi connectivity index (χ0) is 10.2. The van der Waals surface area contributed by atoms with Gasteiger partial charge < -0.3 is 0 Å². The van der Waals surface area contributed by atoms with Crippen LogP contribution in [0, 0.1) is 6.58 Å². The Morgan fingerprint density at radius 3 is 1.50 bits per heavy atom. The van der Waals surface area contributed by atoms with Crippen LogP contribution in [-0.4, -0.2) is 18.3 Å². The van der Waals surface area contributed by atoms with Gasteiger partial charge in [-0.05, 0) is 6.58 Å². The van der Waals surface area contributed by atoms with E-state index in [-0.39, 0.29) is 0 Å². The second kappa shape index (κ2) is 2.95. The molecule has 0 aromatic heterocycles. The van der Waals surface area contributed by atoms with Gasteiger partial charge in [-0.3, -0.25) is 0 Å². The van der Waals surface area contributed by atoms with E-state index in [1.54, 1.807) is 0 Å². The Labute approximate surface area is 62.7 Å². The molecule has 1 radical (unpaired) electrons. The van der Waals surface area contributed by atoms with Gasteiger partial charge in [0.2, 0.25) is 0 Å². The van der Waals surface area contributed by atoms with Crippen LogP contribution in [0.3, 0.4) is 0 Å². The van der Waals surface area contributed by atoms with Gasteiger partial charge in [-0.2, -0.15) is 17.6 Å². The number of alkyl halides is 6. The summed E-state index contributed by atoms with van der Waals surface area (Å²) in [5.41, 5.74) is 0. The molecular weight excluding hydrogens is 193 g/mol. The number of hydrogen-bond donors (Lipinski definition) is 0. The molecule has 0 aliphatic rings. The Kier molecular flexibility index (Phi) is 2.76. The summed E-state index contributed by atoms with van der Waals surface area (Å²) in [5.74, 6) is -14.5. The minimum atomic E-state index is -5.79. The van der Waals surface area contributed by atoms with Gasteiger partial charge in [-0.1, -0.05) is 0 Å². The predicted molar refractivity (Wildman–Crippen MR) is 24.8 cm³/mol. The van der Waals surface area contributed by atoms with Gasteiger partial charge in [0.1, 0.15) is 0 Å². The lowest BCUT2D eigenvalue weighted by atomic mass is 10.1. The molecule has 0 aromatic carbocycles. The monoisotopic (exact) mass is 195 g/mol. The minimum Gasteiger partial charge on any atom is -0.205 e. The summed E-state index contributed by atoms with van der Waals surface area (Å²) in [7, 11) is 0. The van der Waals surface area contributed by atoms with E-state index in [0.29, 0.717) is 0 Å². The van der Waals surface area contributed by atoms with Crippen LogP contribution in [0.5, 0.6) is 0 Å². The third kappa shape index (κ3) is 1.54. The van der Waals surface area contributed by atoms with Crippen LogP contribution in [0.15, 0.2) is 5.83 Å². The molecule has 7 heteroatoms. The molecule has 0 rings (SSSR count). The Balaban J connectivity index is 4.88. The molecule has 12 heavy (non-hydrogen) atoms. The summed E-state index contributed by atoms with van der Waals surface area (Å²) < 4.78 is 81.0. The summed E-state index contributed by atoms with van der Waals surface area (Å²) >= 11 is 0. The van der Waals surface area contributed by atoms with Crippen LogP contribution in [-0.2, 0) is 0 Å². The van der Waals surface area contributed by atoms with Crippen LogP contribution >= 0.6 is 0 Å². The van der Waals surface area contributed by atoms with Crippen molar-refractivity contribution in [3.8, 4) is 0 Å². The maximum Gasteiger partial charge on any atom is 0.375 e. The Hall–Kier alpha value is -0.750. The highest BCUT2D eigenvalue weighted by atomic mass is 19.3. The SMILES string of the molecule is [CH]=C(F)C(F)(F)C(F)(F)C(F)F. The molecule has 0 aliphatic heterocycles. The first-order chi connectivity index (χ1) is 5.14. The first-order valence-electron chi connectivity index (χ1n) is 2.46. The van der Waals surface area contributed by atoms with E-state index in [0.717, 1.165) is 0 Å². The molecule has 0 atom stereocenters. The third-order valence-electron chi connectivity index (χ3n) is 0.993. The standard InChI is InChI=1S/C5H2F7/c1-2(6)4(9,10)5(11,12)3(7)8/h1,3H. The molecule has 0 nitrogen and oxygen atoms in total. The second-order valence-electron chi connectivity index (χ2n) is 1.85. The third-order valence-corrected chi connectivity index (χ3v) is 0.993. The first kappa shape index (κ1) is 11.2. The topological polar surface area (TPSA) is 0 Å². The fourth-order valence-electron chi connectivity index (χ4n) is 0.296. The summed E-state index contributed by atoms with van der Waals surface area (Å²) in [5, 5.41) is 0. The normalized spacial score (nSPS) is 13.7. The van der Waals surface area contributed by atoms with E-state index in [2.05, 4.69) is 6.58 Å². The lowest BCUT2D eigenvalue weighted by Crippen LogP contribution is -2.46. The van der Waals surface area contributed by atoms with Crippen LogP contribution < -0.4 is 0 Å². The van der Waals surface area contributed by atoms with E-state index >= 15 is 0 Å². The number of halogens is 7. The van der Waals surface area contributed by atoms with Crippen molar-refractivity contribution in [3.63, 3.8) is 0 Å². The molecule has 0 aromatic rings. The lowest BCUT2D eigenvalue weighted by Gasteiger charge is -2.23. The highest BCUT2D eigenvalue weighted by molar-refractivity contribution is 5.05. The number of allylic oxidation sites excluding steroid dienone is 1. The largest absolute Gasteiger partial charge is 0.375 e. The fraction of sp³-hybridized carbons (Fsp3) is 0.600. The molecule has 0 aliphatic carbocycles. The van der Waals surface area contributed by atoms with Crippen LogP contribution in [0.4, 0.5) is 30.7 Å². The van der Waals surface area contributed by atoms with Crippen molar-refractivity contribution in [1.82, 2.24) is 0 Å². The van der Waals surface area contributed by atoms with Gasteiger partial charge in [0, 0.05) is 0 Å². The van der Waals surface area contributed by atoms with Crippen LogP contribution in [0.1, 0.15) is 0 Å². The Bertz CT molecular complexity index is 182. The van der Waals surface area contributed by atoms with Gasteiger partial charge in [0.25, 0.3) is 0 Å². The number of hydrogen-bond acceptors (Lipinski definition) is 0. The quantitative estimate of drug-likeness (QED) is 0.607. The maximum atomic E-state index is 11.8. The minimum absolute atomic E-state index is 3.03. The summed E-state index contributed by atoms with van der Waals surface area (Å²) in [6.45, 7) is 3.68. The predicted octanol–water partition coefficient (Wildman–Crippen LogP) is 2.81. The molecular formula is C5H2F7. The van der Waals surface area contributed by atoms with E-state index in [4.69, 9.17) is 0 Å². The van der Waals surface area contributed by atoms with Crippen molar-refractivity contribution >= 4 is 0 Å². The highest BCUT2D eigenvalue weighted by Gasteiger charge is 2.65. The first-order valence-corrected chi connectivity index (χ1v) is 2.46. The molecule has 0 bridgehead atoms. The van der Waals surface area contributed by atoms with Crippen LogP contribution in [0.2, 0.25) is 0 Å². The molecule has 0 spiro atoms. The molecule has 71 valence electrons. The van der Waals surface area contributed by atoms with Gasteiger partial charge in [-0.25, -0.2) is 13.2 Å². The van der Waals surface area contributed by atoms with Crippen molar-refractivity contribution in [2.75, 3.05) is 0 Å². The smallest absolute Gasteiger partial charge is 0.205 e. The molecule has 0 amide bonds. The van der Waals surface area contributed by atoms with E-state index < -0.39 is 24.1 Å². The van der Waals surface area contributed by atoms with Crippen molar-refractivity contribution in [2.24, 2.45) is 0 Å². The van der Waals surface area contributed by atoms with Gasteiger partial charge in [0.15, 0.2) is 5.83 Å². The zero-order valence-corrected chi connectivity index (χ0v) is 5.30. The molecule has 0 fully saturated rings. The summed E-state index contributed by atoms with van der Waals surface area (Å²) in [4.78, 5) is 0. The molecule has 0 N–H and O–H groups in total. The van der Waals surface area contributed by atoms with Crippen molar-refractivity contribution in [1.29, 1.82) is 0 Å². The average Bonchev–Trinajstić information content (AvgIpc) is 1.86. The van der Waals surface area contributed by atoms with E-state index in [1.807, 2.05) is 0 Å². The van der Waals surface area contributed by atoms with E-state index in [1.165, 1.54) is 0 Å². The van der Waals surface area contributed by atoms with E-state index in [9.17, 15) is 30.7 Å². The fourth-order valence-corrected chi connectivity index (χ4v) is 0.296. The average molecular weight is 195 g/mol. The maximum absolute atomic E-state index is 11.8. The van der Waals surface area contributed by atoms with Gasteiger partial charge >= 0.3 is 18.3 Å².